The van der Waals surface area contributed by atoms with E-state index in [0.29, 0.717) is 13.0 Å². The van der Waals surface area contributed by atoms with Crippen molar-refractivity contribution >= 4 is 17.7 Å². The van der Waals surface area contributed by atoms with E-state index in [1.807, 2.05) is 0 Å². The highest BCUT2D eigenvalue weighted by Gasteiger charge is 2.08. The first kappa shape index (κ1) is 15.9. The van der Waals surface area contributed by atoms with Crippen molar-refractivity contribution in [3.05, 3.63) is 0 Å². The summed E-state index contributed by atoms with van der Waals surface area (Å²) in [5.74, 6) is 0.972. The predicted molar refractivity (Wildman–Crippen MR) is 72.7 cm³/mol. The molecule has 108 valence electrons. The molecule has 1 aromatic heterocycles. The van der Waals surface area contributed by atoms with Crippen LogP contribution in [-0.2, 0) is 11.8 Å². The summed E-state index contributed by atoms with van der Waals surface area (Å²) in [4.78, 5) is 13.5. The minimum atomic E-state index is 0.148. The molecule has 0 saturated carbocycles. The highest BCUT2D eigenvalue weighted by Crippen LogP contribution is 2.14. The van der Waals surface area contributed by atoms with Gasteiger partial charge in [-0.25, -0.2) is 4.68 Å². The number of nitrogens with zero attached hydrogens (tertiary/aromatic N) is 5. The molecule has 0 fully saturated rings. The van der Waals surface area contributed by atoms with Crippen molar-refractivity contribution < 1.29 is 9.90 Å². The van der Waals surface area contributed by atoms with Crippen molar-refractivity contribution in [3.63, 3.8) is 0 Å². The van der Waals surface area contributed by atoms with E-state index in [2.05, 4.69) is 15.5 Å². The molecule has 0 unspecified atom stereocenters. The van der Waals surface area contributed by atoms with E-state index in [0.717, 1.165) is 30.2 Å². The van der Waals surface area contributed by atoms with Crippen molar-refractivity contribution in [1.29, 1.82) is 0 Å². The van der Waals surface area contributed by atoms with E-state index < -0.39 is 0 Å². The second-order valence-corrected chi connectivity index (χ2v) is 5.35. The molecule has 0 aromatic carbocycles. The average Bonchev–Trinajstić information content (AvgIpc) is 2.80. The highest BCUT2D eigenvalue weighted by molar-refractivity contribution is 7.99. The summed E-state index contributed by atoms with van der Waals surface area (Å²) in [5, 5.41) is 20.6. The number of amides is 1. The van der Waals surface area contributed by atoms with Gasteiger partial charge < -0.3 is 10.0 Å². The molecule has 1 heterocycles. The van der Waals surface area contributed by atoms with Gasteiger partial charge in [0.25, 0.3) is 0 Å². The number of carbonyl (C=O) groups is 1. The van der Waals surface area contributed by atoms with Gasteiger partial charge in [-0.3, -0.25) is 4.79 Å². The van der Waals surface area contributed by atoms with Gasteiger partial charge in [-0.2, -0.15) is 0 Å². The summed E-state index contributed by atoms with van der Waals surface area (Å²) in [6, 6.07) is 0. The van der Waals surface area contributed by atoms with Crippen LogP contribution in [0.15, 0.2) is 5.16 Å². The van der Waals surface area contributed by atoms with Crippen molar-refractivity contribution in [3.8, 4) is 0 Å². The zero-order chi connectivity index (χ0) is 14.1. The van der Waals surface area contributed by atoms with Crippen LogP contribution in [0.2, 0.25) is 0 Å². The molecule has 0 bridgehead atoms. The van der Waals surface area contributed by atoms with E-state index >= 15 is 0 Å². The Balaban J connectivity index is 2.11. The van der Waals surface area contributed by atoms with Crippen LogP contribution in [0.25, 0.3) is 0 Å². The van der Waals surface area contributed by atoms with Crippen LogP contribution in [0.3, 0.4) is 0 Å². The normalized spacial score (nSPS) is 10.7. The van der Waals surface area contributed by atoms with Crippen molar-refractivity contribution in [1.82, 2.24) is 25.1 Å². The van der Waals surface area contributed by atoms with Gasteiger partial charge in [-0.05, 0) is 29.7 Å². The van der Waals surface area contributed by atoms with Crippen LogP contribution in [0.1, 0.15) is 25.7 Å². The monoisotopic (exact) mass is 287 g/mol. The molecule has 0 aliphatic heterocycles. The summed E-state index contributed by atoms with van der Waals surface area (Å²) in [7, 11) is 3.60. The maximum Gasteiger partial charge on any atom is 0.222 e. The summed E-state index contributed by atoms with van der Waals surface area (Å²) in [6.07, 6.45) is 2.93. The van der Waals surface area contributed by atoms with Crippen molar-refractivity contribution in [2.45, 2.75) is 30.8 Å². The molecule has 1 N–H and O–H groups in total. The molecule has 19 heavy (non-hydrogen) atoms. The number of aliphatic hydroxyl groups is 1. The largest absolute Gasteiger partial charge is 0.396 e. The summed E-state index contributed by atoms with van der Waals surface area (Å²) < 4.78 is 1.62. The zero-order valence-electron chi connectivity index (χ0n) is 11.4. The fourth-order valence-corrected chi connectivity index (χ4v) is 2.30. The van der Waals surface area contributed by atoms with Gasteiger partial charge in [-0.1, -0.05) is 11.8 Å². The Morgan fingerprint density at radius 2 is 2.21 bits per heavy atom. The average molecular weight is 287 g/mol. The Morgan fingerprint density at radius 1 is 1.42 bits per heavy atom. The second kappa shape index (κ2) is 8.87. The fraction of sp³-hybridized carbons (Fsp3) is 0.818. The molecule has 0 spiro atoms. The molecule has 8 heteroatoms. The Kier molecular flexibility index (Phi) is 7.42. The zero-order valence-corrected chi connectivity index (χ0v) is 12.3. The number of unbranched alkanes of at least 4 members (excludes halogenated alkanes) is 1. The standard InChI is InChI=1S/C11H21N5O2S/c1-15(7-3-4-8-17)10(18)6-5-9-19-11-12-13-14-16(11)2/h17H,3-9H2,1-2H3. The quantitative estimate of drug-likeness (QED) is 0.520. The van der Waals surface area contributed by atoms with Crippen molar-refractivity contribution in [2.24, 2.45) is 7.05 Å². The maximum atomic E-state index is 11.8. The first-order chi connectivity index (χ1) is 9.15. The molecular weight excluding hydrogens is 266 g/mol. The number of aryl methyl sites for hydroxylation is 1. The van der Waals surface area contributed by atoms with E-state index in [-0.39, 0.29) is 12.5 Å². The summed E-state index contributed by atoms with van der Waals surface area (Å²) in [5.41, 5.74) is 0. The van der Waals surface area contributed by atoms with Crippen molar-refractivity contribution in [2.75, 3.05) is 26.0 Å². The highest BCUT2D eigenvalue weighted by atomic mass is 32.2. The maximum absolute atomic E-state index is 11.8. The van der Waals surface area contributed by atoms with Gasteiger partial charge in [0.05, 0.1) is 0 Å². The molecule has 7 nitrogen and oxygen atoms in total. The Hall–Kier alpha value is -1.15. The Labute approximate surface area is 117 Å². The number of carbonyl (C=O) groups excluding carboxylic acids is 1. The Bertz CT molecular complexity index is 385. The third-order valence-electron chi connectivity index (χ3n) is 2.67. The lowest BCUT2D eigenvalue weighted by Gasteiger charge is -2.16. The van der Waals surface area contributed by atoms with Gasteiger partial charge in [0, 0.05) is 39.4 Å². The van der Waals surface area contributed by atoms with E-state index in [9.17, 15) is 4.79 Å². The molecule has 0 saturated heterocycles. The van der Waals surface area contributed by atoms with Gasteiger partial charge in [0.1, 0.15) is 0 Å². The Morgan fingerprint density at radius 3 is 2.84 bits per heavy atom. The number of hydrogen-bond donors (Lipinski definition) is 1. The third-order valence-corrected chi connectivity index (χ3v) is 3.77. The van der Waals surface area contributed by atoms with Crippen LogP contribution in [0.5, 0.6) is 0 Å². The number of thioether (sulfide) groups is 1. The predicted octanol–water partition coefficient (Wildman–Crippen LogP) is 0.313. The lowest BCUT2D eigenvalue weighted by Crippen LogP contribution is -2.27. The molecule has 0 aliphatic carbocycles. The first-order valence-corrected chi connectivity index (χ1v) is 7.33. The van der Waals surface area contributed by atoms with Crippen LogP contribution in [-0.4, -0.2) is 62.1 Å². The van der Waals surface area contributed by atoms with Gasteiger partial charge >= 0.3 is 0 Å². The van der Waals surface area contributed by atoms with Crippen LogP contribution in [0, 0.1) is 0 Å². The fourth-order valence-electron chi connectivity index (χ4n) is 1.51. The summed E-state index contributed by atoms with van der Waals surface area (Å²) in [6.45, 7) is 0.893. The van der Waals surface area contributed by atoms with Gasteiger partial charge in [0.15, 0.2) is 0 Å². The van der Waals surface area contributed by atoms with E-state index in [1.165, 1.54) is 0 Å². The number of aliphatic hydroxyl groups excluding tert-OH is 1. The number of tetrazole rings is 1. The first-order valence-electron chi connectivity index (χ1n) is 6.35. The number of rotatable bonds is 9. The third kappa shape index (κ3) is 6.02. The van der Waals surface area contributed by atoms with Gasteiger partial charge in [-0.15, -0.1) is 5.10 Å². The van der Waals surface area contributed by atoms with Crippen LogP contribution >= 0.6 is 11.8 Å². The number of aromatic nitrogens is 4. The lowest BCUT2D eigenvalue weighted by molar-refractivity contribution is -0.130. The molecule has 1 amide bonds. The smallest absolute Gasteiger partial charge is 0.222 e. The SMILES string of the molecule is CN(CCCCO)C(=O)CCCSc1nnnn1C. The minimum absolute atomic E-state index is 0.148. The molecular formula is C11H21N5O2S. The van der Waals surface area contributed by atoms with E-state index in [1.54, 1.807) is 35.4 Å². The van der Waals surface area contributed by atoms with Gasteiger partial charge in [0.2, 0.25) is 11.1 Å². The van der Waals surface area contributed by atoms with Crippen LogP contribution < -0.4 is 0 Å². The topological polar surface area (TPSA) is 84.1 Å². The molecule has 0 aliphatic rings. The van der Waals surface area contributed by atoms with E-state index in [4.69, 9.17) is 5.11 Å². The summed E-state index contributed by atoms with van der Waals surface area (Å²) >= 11 is 1.55. The minimum Gasteiger partial charge on any atom is -0.396 e. The molecule has 1 aromatic rings. The lowest BCUT2D eigenvalue weighted by atomic mass is 10.2. The molecule has 1 rings (SSSR count). The molecule has 0 radical (unpaired) electrons. The number of hydrogen-bond acceptors (Lipinski definition) is 6. The molecule has 0 atom stereocenters. The second-order valence-electron chi connectivity index (χ2n) is 4.28. The van der Waals surface area contributed by atoms with Crippen LogP contribution in [0.4, 0.5) is 0 Å².